The Morgan fingerprint density at radius 1 is 1.17 bits per heavy atom. The minimum Gasteiger partial charge on any atom is -0.497 e. The number of rotatable bonds is 7. The van der Waals surface area contributed by atoms with Crippen LogP contribution in [0, 0.1) is 5.92 Å². The number of amides is 1. The maximum atomic E-state index is 12.5. The third-order valence-corrected chi connectivity index (χ3v) is 7.93. The zero-order valence-corrected chi connectivity index (χ0v) is 17.7. The Bertz CT molecular complexity index is 1110. The summed E-state index contributed by atoms with van der Waals surface area (Å²) in [5.41, 5.74) is 1.06. The summed E-state index contributed by atoms with van der Waals surface area (Å²) in [6.07, 6.45) is 0.479. The topological polar surface area (TPSA) is 110 Å². The molecule has 0 saturated carbocycles. The van der Waals surface area contributed by atoms with Crippen molar-refractivity contribution in [2.75, 3.05) is 23.7 Å². The number of carbonyl (C=O) groups excluding carboxylic acids is 1. The van der Waals surface area contributed by atoms with Crippen molar-refractivity contribution in [1.82, 2.24) is 4.72 Å². The Morgan fingerprint density at radius 3 is 2.45 bits per heavy atom. The number of ether oxygens (including phenoxy) is 1. The van der Waals surface area contributed by atoms with Crippen LogP contribution in [0.15, 0.2) is 53.4 Å². The summed E-state index contributed by atoms with van der Waals surface area (Å²) in [5, 5.41) is 0. The number of sulfonamides is 2. The van der Waals surface area contributed by atoms with Gasteiger partial charge in [-0.25, -0.2) is 25.9 Å². The molecule has 0 bridgehead atoms. The van der Waals surface area contributed by atoms with E-state index in [1.807, 2.05) is 18.2 Å². The van der Waals surface area contributed by atoms with E-state index < -0.39 is 31.9 Å². The zero-order chi connectivity index (χ0) is 21.2. The SMILES string of the molecule is COc1cccc(CCNS(=O)(=O)c2ccc(N3C(=O)[C@H](C)CS3(=O)=O)cc2)c1. The van der Waals surface area contributed by atoms with Gasteiger partial charge < -0.3 is 4.74 Å². The molecule has 2 aromatic rings. The Kier molecular flexibility index (Phi) is 5.97. The third-order valence-electron chi connectivity index (χ3n) is 4.58. The molecule has 0 unspecified atom stereocenters. The first kappa shape index (κ1) is 21.3. The number of nitrogens with zero attached hydrogens (tertiary/aromatic N) is 1. The first-order chi connectivity index (χ1) is 13.6. The summed E-state index contributed by atoms with van der Waals surface area (Å²) in [5.74, 6) is -0.696. The van der Waals surface area contributed by atoms with Crippen LogP contribution >= 0.6 is 0 Å². The van der Waals surface area contributed by atoms with E-state index in [1.165, 1.54) is 24.3 Å². The molecule has 1 saturated heterocycles. The van der Waals surface area contributed by atoms with E-state index in [4.69, 9.17) is 4.74 Å². The molecular weight excluding hydrogens is 416 g/mol. The molecule has 1 fully saturated rings. The lowest BCUT2D eigenvalue weighted by atomic mass is 10.1. The molecule has 3 rings (SSSR count). The maximum Gasteiger partial charge on any atom is 0.244 e. The fourth-order valence-corrected chi connectivity index (χ4v) is 5.94. The summed E-state index contributed by atoms with van der Waals surface area (Å²) in [6.45, 7) is 1.73. The van der Waals surface area contributed by atoms with Gasteiger partial charge in [-0.15, -0.1) is 0 Å². The molecule has 1 heterocycles. The van der Waals surface area contributed by atoms with Crippen molar-refractivity contribution in [3.05, 3.63) is 54.1 Å². The van der Waals surface area contributed by atoms with Crippen LogP contribution in [0.1, 0.15) is 12.5 Å². The lowest BCUT2D eigenvalue weighted by Crippen LogP contribution is -2.30. The van der Waals surface area contributed by atoms with Gasteiger partial charge in [-0.1, -0.05) is 19.1 Å². The highest BCUT2D eigenvalue weighted by molar-refractivity contribution is 7.94. The zero-order valence-electron chi connectivity index (χ0n) is 16.0. The highest BCUT2D eigenvalue weighted by Crippen LogP contribution is 2.28. The van der Waals surface area contributed by atoms with E-state index in [0.717, 1.165) is 9.87 Å². The van der Waals surface area contributed by atoms with Gasteiger partial charge in [-0.2, -0.15) is 0 Å². The monoisotopic (exact) mass is 438 g/mol. The van der Waals surface area contributed by atoms with Gasteiger partial charge in [0.25, 0.3) is 0 Å². The molecule has 1 aliphatic rings. The van der Waals surface area contributed by atoms with Gasteiger partial charge in [0, 0.05) is 6.54 Å². The lowest BCUT2D eigenvalue weighted by Gasteiger charge is -2.15. The maximum absolute atomic E-state index is 12.5. The number of carbonyl (C=O) groups is 1. The summed E-state index contributed by atoms with van der Waals surface area (Å²) in [4.78, 5) is 12.1. The summed E-state index contributed by atoms with van der Waals surface area (Å²) < 4.78 is 57.7. The standard InChI is InChI=1S/C19H22N2O6S2/c1-14-13-28(23,24)21(19(14)22)16-6-8-18(9-7-16)29(25,26)20-11-10-15-4-3-5-17(12-15)27-2/h3-9,12,14,20H,10-11,13H2,1-2H3/t14-/m1/s1. The van der Waals surface area contributed by atoms with Crippen molar-refractivity contribution in [3.8, 4) is 5.75 Å². The van der Waals surface area contributed by atoms with E-state index >= 15 is 0 Å². The fourth-order valence-electron chi connectivity index (χ4n) is 3.09. The number of hydrogen-bond acceptors (Lipinski definition) is 6. The predicted octanol–water partition coefficient (Wildman–Crippen LogP) is 1.53. The van der Waals surface area contributed by atoms with E-state index in [0.29, 0.717) is 12.2 Å². The molecule has 10 heteroatoms. The van der Waals surface area contributed by atoms with Crippen LogP contribution in [-0.4, -0.2) is 42.2 Å². The van der Waals surface area contributed by atoms with E-state index in [-0.39, 0.29) is 22.9 Å². The smallest absolute Gasteiger partial charge is 0.244 e. The second-order valence-corrected chi connectivity index (χ2v) is 10.4. The molecule has 0 aromatic heterocycles. The molecule has 0 radical (unpaired) electrons. The molecule has 156 valence electrons. The molecule has 1 aliphatic heterocycles. The van der Waals surface area contributed by atoms with Crippen LogP contribution in [0.5, 0.6) is 5.75 Å². The second-order valence-electron chi connectivity index (χ2n) is 6.78. The predicted molar refractivity (Wildman–Crippen MR) is 109 cm³/mol. The van der Waals surface area contributed by atoms with Gasteiger partial charge in [0.1, 0.15) is 5.75 Å². The summed E-state index contributed by atoms with van der Waals surface area (Å²) in [6, 6.07) is 12.6. The van der Waals surface area contributed by atoms with E-state index in [1.54, 1.807) is 20.1 Å². The Hall–Kier alpha value is -2.43. The van der Waals surface area contributed by atoms with E-state index in [2.05, 4.69) is 4.72 Å². The molecule has 1 atom stereocenters. The van der Waals surface area contributed by atoms with Gasteiger partial charge in [0.2, 0.25) is 26.0 Å². The first-order valence-electron chi connectivity index (χ1n) is 8.93. The second kappa shape index (κ2) is 8.13. The quantitative estimate of drug-likeness (QED) is 0.702. The molecule has 29 heavy (non-hydrogen) atoms. The average Bonchev–Trinajstić information content (AvgIpc) is 2.88. The molecule has 1 N–H and O–H groups in total. The molecule has 0 spiro atoms. The van der Waals surface area contributed by atoms with Crippen LogP contribution < -0.4 is 13.8 Å². The van der Waals surface area contributed by atoms with Gasteiger partial charge in [-0.3, -0.25) is 4.79 Å². The van der Waals surface area contributed by atoms with Crippen LogP contribution in [0.4, 0.5) is 5.69 Å². The van der Waals surface area contributed by atoms with Gasteiger partial charge in [-0.05, 0) is 48.4 Å². The Morgan fingerprint density at radius 2 is 1.86 bits per heavy atom. The van der Waals surface area contributed by atoms with Crippen molar-refractivity contribution in [2.45, 2.75) is 18.2 Å². The van der Waals surface area contributed by atoms with E-state index in [9.17, 15) is 21.6 Å². The molecule has 2 aromatic carbocycles. The lowest BCUT2D eigenvalue weighted by molar-refractivity contribution is -0.119. The molecule has 8 nitrogen and oxygen atoms in total. The summed E-state index contributed by atoms with van der Waals surface area (Å²) in [7, 11) is -5.94. The highest BCUT2D eigenvalue weighted by Gasteiger charge is 2.41. The number of nitrogens with one attached hydrogen (secondary N) is 1. The Labute approximate surface area is 170 Å². The first-order valence-corrected chi connectivity index (χ1v) is 12.0. The number of anilines is 1. The minimum absolute atomic E-state index is 0.0102. The fraction of sp³-hybridized carbons (Fsp3) is 0.316. The van der Waals surface area contributed by atoms with Crippen LogP contribution in [0.3, 0.4) is 0 Å². The van der Waals surface area contributed by atoms with Gasteiger partial charge in [0.05, 0.1) is 29.4 Å². The average molecular weight is 439 g/mol. The van der Waals surface area contributed by atoms with Crippen LogP contribution in [0.25, 0.3) is 0 Å². The summed E-state index contributed by atoms with van der Waals surface area (Å²) >= 11 is 0. The van der Waals surface area contributed by atoms with Crippen molar-refractivity contribution in [1.29, 1.82) is 0 Å². The number of benzene rings is 2. The van der Waals surface area contributed by atoms with Crippen LogP contribution in [0.2, 0.25) is 0 Å². The van der Waals surface area contributed by atoms with Crippen molar-refractivity contribution < 1.29 is 26.4 Å². The van der Waals surface area contributed by atoms with Crippen molar-refractivity contribution in [3.63, 3.8) is 0 Å². The van der Waals surface area contributed by atoms with Crippen molar-refractivity contribution in [2.24, 2.45) is 5.92 Å². The minimum atomic E-state index is -3.77. The highest BCUT2D eigenvalue weighted by atomic mass is 32.2. The normalized spacial score (nSPS) is 18.8. The van der Waals surface area contributed by atoms with Crippen LogP contribution in [-0.2, 0) is 31.3 Å². The molecular formula is C19H22N2O6S2. The number of methoxy groups -OCH3 is 1. The van der Waals surface area contributed by atoms with Gasteiger partial charge >= 0.3 is 0 Å². The largest absolute Gasteiger partial charge is 0.497 e. The number of hydrogen-bond donors (Lipinski definition) is 1. The molecule has 0 aliphatic carbocycles. The van der Waals surface area contributed by atoms with Crippen molar-refractivity contribution >= 4 is 31.6 Å². The molecule has 1 amide bonds. The Balaban J connectivity index is 1.69. The van der Waals surface area contributed by atoms with Gasteiger partial charge in [0.15, 0.2) is 0 Å². The third kappa shape index (κ3) is 4.60.